The van der Waals surface area contributed by atoms with Crippen molar-refractivity contribution in [3.8, 4) is 5.75 Å². The van der Waals surface area contributed by atoms with Crippen molar-refractivity contribution in [1.29, 1.82) is 0 Å². The number of rotatable bonds is 6. The van der Waals surface area contributed by atoms with Crippen molar-refractivity contribution in [2.75, 3.05) is 18.5 Å². The van der Waals surface area contributed by atoms with E-state index < -0.39 is 0 Å². The molecular weight excluding hydrogens is 256 g/mol. The van der Waals surface area contributed by atoms with Crippen LogP contribution in [0.3, 0.4) is 0 Å². The minimum Gasteiger partial charge on any atom is -0.491 e. The summed E-state index contributed by atoms with van der Waals surface area (Å²) in [6.45, 7) is 4.23. The molecule has 1 atom stereocenters. The largest absolute Gasteiger partial charge is 0.491 e. The van der Waals surface area contributed by atoms with E-state index in [0.717, 1.165) is 24.3 Å². The molecule has 0 amide bonds. The summed E-state index contributed by atoms with van der Waals surface area (Å²) >= 11 is 0. The molecule has 1 aromatic heterocycles. The summed E-state index contributed by atoms with van der Waals surface area (Å²) < 4.78 is 11.2. The minimum absolute atomic E-state index is 0.0584. The van der Waals surface area contributed by atoms with Crippen molar-refractivity contribution < 1.29 is 9.15 Å². The Morgan fingerprint density at radius 3 is 3.10 bits per heavy atom. The van der Waals surface area contributed by atoms with Crippen molar-refractivity contribution >= 4 is 6.01 Å². The minimum atomic E-state index is 0.0584. The summed E-state index contributed by atoms with van der Waals surface area (Å²) in [6.07, 6.45) is 1.08. The van der Waals surface area contributed by atoms with Crippen LogP contribution in [0.1, 0.15) is 30.8 Å². The molecule has 3 rings (SSSR count). The first-order valence-electron chi connectivity index (χ1n) is 6.88. The SMILES string of the molecule is CCCNCc1nnc(NC2COc3ccccc32)o1. The first kappa shape index (κ1) is 12.9. The summed E-state index contributed by atoms with van der Waals surface area (Å²) in [4.78, 5) is 0. The zero-order chi connectivity index (χ0) is 13.8. The smallest absolute Gasteiger partial charge is 0.316 e. The Balaban J connectivity index is 1.62. The van der Waals surface area contributed by atoms with Crippen molar-refractivity contribution in [1.82, 2.24) is 15.5 Å². The number of nitrogens with one attached hydrogen (secondary N) is 2. The standard InChI is InChI=1S/C14H18N4O2/c1-2-7-15-8-13-17-18-14(20-13)16-11-9-19-12-6-4-3-5-10(11)12/h3-6,11,15H,2,7-9H2,1H3,(H,16,18). The van der Waals surface area contributed by atoms with E-state index in [1.165, 1.54) is 0 Å². The lowest BCUT2D eigenvalue weighted by atomic mass is 10.1. The number of fused-ring (bicyclic) bond motifs is 1. The fourth-order valence-electron chi connectivity index (χ4n) is 2.19. The molecule has 1 aliphatic rings. The van der Waals surface area contributed by atoms with Gasteiger partial charge in [0, 0.05) is 5.56 Å². The van der Waals surface area contributed by atoms with Crippen LogP contribution in [0.5, 0.6) is 5.75 Å². The maximum absolute atomic E-state index is 5.60. The molecule has 0 saturated heterocycles. The summed E-state index contributed by atoms with van der Waals surface area (Å²) in [5, 5.41) is 14.5. The van der Waals surface area contributed by atoms with Crippen LogP contribution < -0.4 is 15.4 Å². The maximum atomic E-state index is 5.60. The van der Waals surface area contributed by atoms with Crippen LogP contribution in [-0.4, -0.2) is 23.3 Å². The van der Waals surface area contributed by atoms with Gasteiger partial charge in [0.2, 0.25) is 5.89 Å². The third-order valence-corrected chi connectivity index (χ3v) is 3.17. The molecule has 1 aromatic carbocycles. The highest BCUT2D eigenvalue weighted by molar-refractivity contribution is 5.43. The van der Waals surface area contributed by atoms with Crippen LogP contribution in [-0.2, 0) is 6.54 Å². The molecular formula is C14H18N4O2. The molecule has 6 heteroatoms. The molecule has 2 heterocycles. The topological polar surface area (TPSA) is 72.2 Å². The van der Waals surface area contributed by atoms with E-state index in [-0.39, 0.29) is 6.04 Å². The summed E-state index contributed by atoms with van der Waals surface area (Å²) in [5.41, 5.74) is 1.12. The van der Waals surface area contributed by atoms with Crippen molar-refractivity contribution in [3.05, 3.63) is 35.7 Å². The number of anilines is 1. The molecule has 0 aliphatic carbocycles. The predicted octanol–water partition coefficient (Wildman–Crippen LogP) is 2.11. The monoisotopic (exact) mass is 274 g/mol. The molecule has 1 unspecified atom stereocenters. The van der Waals surface area contributed by atoms with E-state index in [4.69, 9.17) is 9.15 Å². The zero-order valence-electron chi connectivity index (χ0n) is 11.4. The Morgan fingerprint density at radius 2 is 2.20 bits per heavy atom. The highest BCUT2D eigenvalue weighted by Gasteiger charge is 2.24. The van der Waals surface area contributed by atoms with E-state index in [1.807, 2.05) is 24.3 Å². The Bertz CT molecular complexity index is 570. The van der Waals surface area contributed by atoms with Gasteiger partial charge < -0.3 is 19.8 Å². The van der Waals surface area contributed by atoms with Crippen molar-refractivity contribution in [3.63, 3.8) is 0 Å². The Kier molecular flexibility index (Phi) is 3.83. The predicted molar refractivity (Wildman–Crippen MR) is 74.6 cm³/mol. The molecule has 0 fully saturated rings. The third kappa shape index (κ3) is 2.75. The number of hydrogen-bond donors (Lipinski definition) is 2. The number of para-hydroxylation sites is 1. The van der Waals surface area contributed by atoms with Crippen LogP contribution in [0.25, 0.3) is 0 Å². The lowest BCUT2D eigenvalue weighted by molar-refractivity contribution is 0.337. The first-order chi connectivity index (χ1) is 9.86. The fraction of sp³-hybridized carbons (Fsp3) is 0.429. The lowest BCUT2D eigenvalue weighted by Crippen LogP contribution is -2.14. The first-order valence-corrected chi connectivity index (χ1v) is 6.88. The lowest BCUT2D eigenvalue weighted by Gasteiger charge is -2.08. The van der Waals surface area contributed by atoms with Gasteiger partial charge in [0.05, 0.1) is 12.6 Å². The average Bonchev–Trinajstić information content (AvgIpc) is 3.08. The molecule has 2 aromatic rings. The van der Waals surface area contributed by atoms with Gasteiger partial charge in [-0.15, -0.1) is 5.10 Å². The Morgan fingerprint density at radius 1 is 1.30 bits per heavy atom. The second-order valence-corrected chi connectivity index (χ2v) is 4.72. The van der Waals surface area contributed by atoms with E-state index in [2.05, 4.69) is 27.8 Å². The van der Waals surface area contributed by atoms with E-state index in [1.54, 1.807) is 0 Å². The van der Waals surface area contributed by atoms with Gasteiger partial charge in [-0.25, -0.2) is 0 Å². The third-order valence-electron chi connectivity index (χ3n) is 3.17. The van der Waals surface area contributed by atoms with Gasteiger partial charge in [0.1, 0.15) is 12.4 Å². The number of benzene rings is 1. The molecule has 2 N–H and O–H groups in total. The van der Waals surface area contributed by atoms with Crippen LogP contribution in [0.4, 0.5) is 6.01 Å². The van der Waals surface area contributed by atoms with Crippen LogP contribution in [0, 0.1) is 0 Å². The van der Waals surface area contributed by atoms with Gasteiger partial charge >= 0.3 is 6.01 Å². The van der Waals surface area contributed by atoms with Crippen LogP contribution in [0.15, 0.2) is 28.7 Å². The fourth-order valence-corrected chi connectivity index (χ4v) is 2.19. The van der Waals surface area contributed by atoms with Crippen LogP contribution in [0.2, 0.25) is 0 Å². The number of nitrogens with zero attached hydrogens (tertiary/aromatic N) is 2. The second kappa shape index (κ2) is 5.92. The Hall–Kier alpha value is -2.08. The highest BCUT2D eigenvalue weighted by atomic mass is 16.5. The van der Waals surface area contributed by atoms with Gasteiger partial charge in [-0.05, 0) is 19.0 Å². The van der Waals surface area contributed by atoms with Crippen molar-refractivity contribution in [2.24, 2.45) is 0 Å². The van der Waals surface area contributed by atoms with E-state index in [0.29, 0.717) is 25.1 Å². The van der Waals surface area contributed by atoms with E-state index >= 15 is 0 Å². The highest BCUT2D eigenvalue weighted by Crippen LogP contribution is 2.33. The molecule has 0 radical (unpaired) electrons. The van der Waals surface area contributed by atoms with E-state index in [9.17, 15) is 0 Å². The summed E-state index contributed by atoms with van der Waals surface area (Å²) in [5.74, 6) is 1.50. The molecule has 106 valence electrons. The number of aromatic nitrogens is 2. The molecule has 20 heavy (non-hydrogen) atoms. The van der Waals surface area contributed by atoms with Crippen LogP contribution >= 0.6 is 0 Å². The van der Waals surface area contributed by atoms with Gasteiger partial charge in [-0.1, -0.05) is 30.2 Å². The van der Waals surface area contributed by atoms with Gasteiger partial charge in [0.15, 0.2) is 0 Å². The van der Waals surface area contributed by atoms with Gasteiger partial charge in [-0.2, -0.15) is 0 Å². The quantitative estimate of drug-likeness (QED) is 0.786. The van der Waals surface area contributed by atoms with Gasteiger partial charge in [-0.3, -0.25) is 0 Å². The maximum Gasteiger partial charge on any atom is 0.316 e. The molecule has 0 spiro atoms. The second-order valence-electron chi connectivity index (χ2n) is 4.72. The number of ether oxygens (including phenoxy) is 1. The summed E-state index contributed by atoms with van der Waals surface area (Å²) in [6, 6.07) is 8.46. The zero-order valence-corrected chi connectivity index (χ0v) is 11.4. The molecule has 0 saturated carbocycles. The molecule has 6 nitrogen and oxygen atoms in total. The number of hydrogen-bond acceptors (Lipinski definition) is 6. The molecule has 1 aliphatic heterocycles. The molecule has 0 bridgehead atoms. The Labute approximate surface area is 117 Å². The van der Waals surface area contributed by atoms with Crippen molar-refractivity contribution in [2.45, 2.75) is 25.9 Å². The normalized spacial score (nSPS) is 16.8. The average molecular weight is 274 g/mol. The van der Waals surface area contributed by atoms with Gasteiger partial charge in [0.25, 0.3) is 0 Å². The summed E-state index contributed by atoms with van der Waals surface area (Å²) in [7, 11) is 0.